The molecule has 0 saturated carbocycles. The highest BCUT2D eigenvalue weighted by Crippen LogP contribution is 2.26. The second-order valence-electron chi connectivity index (χ2n) is 3.68. The van der Waals surface area contributed by atoms with Crippen molar-refractivity contribution >= 4 is 21.7 Å². The monoisotopic (exact) mass is 270 g/mol. The molecule has 82 valence electrons. The van der Waals surface area contributed by atoms with Crippen LogP contribution in [0.3, 0.4) is 0 Å². The van der Waals surface area contributed by atoms with Gasteiger partial charge in [0.15, 0.2) is 0 Å². The molecular formula is C11H15BrN2O. The van der Waals surface area contributed by atoms with Crippen LogP contribution in [0.15, 0.2) is 18.2 Å². The summed E-state index contributed by atoms with van der Waals surface area (Å²) in [5.74, 6) is 1.71. The summed E-state index contributed by atoms with van der Waals surface area (Å²) in [6.45, 7) is 1.09. The van der Waals surface area contributed by atoms with E-state index >= 15 is 0 Å². The van der Waals surface area contributed by atoms with E-state index in [-0.39, 0.29) is 0 Å². The van der Waals surface area contributed by atoms with Crippen LogP contribution in [0.2, 0.25) is 0 Å². The smallest absolute Gasteiger partial charge is 0.214 e. The summed E-state index contributed by atoms with van der Waals surface area (Å²) in [4.78, 5) is 6.80. The van der Waals surface area contributed by atoms with Crippen molar-refractivity contribution in [2.24, 2.45) is 0 Å². The van der Waals surface area contributed by atoms with Gasteiger partial charge in [0, 0.05) is 24.0 Å². The standard InChI is InChI=1S/C11H15BrN2O/c1-15-11-6-2-5-10(13-11)14-7-3-4-9(14)8-12/h2,5-6,9H,3-4,7-8H2,1H3. The Balaban J connectivity index is 2.20. The fourth-order valence-electron chi connectivity index (χ4n) is 1.98. The maximum atomic E-state index is 5.13. The molecule has 1 aliphatic heterocycles. The number of ether oxygens (including phenoxy) is 1. The zero-order valence-corrected chi connectivity index (χ0v) is 10.4. The minimum atomic E-state index is 0.574. The lowest BCUT2D eigenvalue weighted by Crippen LogP contribution is -2.31. The molecule has 1 saturated heterocycles. The molecule has 0 aliphatic carbocycles. The van der Waals surface area contributed by atoms with E-state index in [9.17, 15) is 0 Å². The van der Waals surface area contributed by atoms with Gasteiger partial charge in [-0.2, -0.15) is 4.98 Å². The molecule has 1 aromatic rings. The minimum Gasteiger partial charge on any atom is -0.481 e. The topological polar surface area (TPSA) is 25.4 Å². The lowest BCUT2D eigenvalue weighted by atomic mass is 10.2. The van der Waals surface area contributed by atoms with Gasteiger partial charge >= 0.3 is 0 Å². The zero-order chi connectivity index (χ0) is 10.7. The van der Waals surface area contributed by atoms with Crippen LogP contribution in [0.5, 0.6) is 5.88 Å². The van der Waals surface area contributed by atoms with Crippen molar-refractivity contribution < 1.29 is 4.74 Å². The Kier molecular flexibility index (Phi) is 3.46. The van der Waals surface area contributed by atoms with E-state index < -0.39 is 0 Å². The molecule has 2 rings (SSSR count). The highest BCUT2D eigenvalue weighted by molar-refractivity contribution is 9.09. The van der Waals surface area contributed by atoms with Gasteiger partial charge in [0.05, 0.1) is 7.11 Å². The lowest BCUT2D eigenvalue weighted by molar-refractivity contribution is 0.398. The molecule has 3 nitrogen and oxygen atoms in total. The molecule has 0 aromatic carbocycles. The maximum Gasteiger partial charge on any atom is 0.214 e. The lowest BCUT2D eigenvalue weighted by Gasteiger charge is -2.24. The fourth-order valence-corrected chi connectivity index (χ4v) is 2.65. The van der Waals surface area contributed by atoms with E-state index in [2.05, 4.69) is 25.8 Å². The average molecular weight is 271 g/mol. The van der Waals surface area contributed by atoms with Crippen molar-refractivity contribution in [1.82, 2.24) is 4.98 Å². The van der Waals surface area contributed by atoms with Gasteiger partial charge in [-0.3, -0.25) is 0 Å². The Hall–Kier alpha value is -0.770. The number of pyridine rings is 1. The van der Waals surface area contributed by atoms with E-state index in [0.29, 0.717) is 11.9 Å². The van der Waals surface area contributed by atoms with Crippen LogP contribution in [0, 0.1) is 0 Å². The van der Waals surface area contributed by atoms with Gasteiger partial charge in [0.1, 0.15) is 5.82 Å². The molecule has 0 radical (unpaired) electrons. The van der Waals surface area contributed by atoms with Crippen LogP contribution in [-0.2, 0) is 0 Å². The van der Waals surface area contributed by atoms with Crippen molar-refractivity contribution in [3.05, 3.63) is 18.2 Å². The Labute approximate surface area is 98.6 Å². The molecule has 1 aliphatic rings. The molecular weight excluding hydrogens is 256 g/mol. The van der Waals surface area contributed by atoms with Crippen LogP contribution in [0.1, 0.15) is 12.8 Å². The third-order valence-electron chi connectivity index (χ3n) is 2.77. The zero-order valence-electron chi connectivity index (χ0n) is 8.82. The highest BCUT2D eigenvalue weighted by atomic mass is 79.9. The third-order valence-corrected chi connectivity index (χ3v) is 3.51. The summed E-state index contributed by atoms with van der Waals surface area (Å²) in [6.07, 6.45) is 2.49. The number of halogens is 1. The minimum absolute atomic E-state index is 0.574. The first-order valence-corrected chi connectivity index (χ1v) is 6.31. The summed E-state index contributed by atoms with van der Waals surface area (Å²) >= 11 is 3.55. The number of anilines is 1. The van der Waals surface area contributed by atoms with Gasteiger partial charge in [-0.05, 0) is 18.9 Å². The molecule has 1 unspecified atom stereocenters. The van der Waals surface area contributed by atoms with E-state index in [1.807, 2.05) is 18.2 Å². The molecule has 0 bridgehead atoms. The summed E-state index contributed by atoms with van der Waals surface area (Å²) in [5.41, 5.74) is 0. The summed E-state index contributed by atoms with van der Waals surface area (Å²) < 4.78 is 5.13. The Morgan fingerprint density at radius 2 is 2.47 bits per heavy atom. The molecule has 15 heavy (non-hydrogen) atoms. The van der Waals surface area contributed by atoms with Crippen molar-refractivity contribution in [2.75, 3.05) is 23.9 Å². The van der Waals surface area contributed by atoms with Crippen molar-refractivity contribution in [1.29, 1.82) is 0 Å². The number of hydrogen-bond acceptors (Lipinski definition) is 3. The normalized spacial score (nSPS) is 20.7. The van der Waals surface area contributed by atoms with Gasteiger partial charge in [-0.1, -0.05) is 22.0 Å². The van der Waals surface area contributed by atoms with Gasteiger partial charge < -0.3 is 9.64 Å². The fraction of sp³-hybridized carbons (Fsp3) is 0.545. The Morgan fingerprint density at radius 3 is 3.20 bits per heavy atom. The number of aromatic nitrogens is 1. The predicted molar refractivity (Wildman–Crippen MR) is 65.0 cm³/mol. The number of alkyl halides is 1. The van der Waals surface area contributed by atoms with Crippen molar-refractivity contribution in [3.8, 4) is 5.88 Å². The summed E-state index contributed by atoms with van der Waals surface area (Å²) in [7, 11) is 1.65. The predicted octanol–water partition coefficient (Wildman–Crippen LogP) is 2.45. The SMILES string of the molecule is COc1cccc(N2CCCC2CBr)n1. The number of methoxy groups -OCH3 is 1. The maximum absolute atomic E-state index is 5.13. The molecule has 2 heterocycles. The van der Waals surface area contributed by atoms with E-state index in [1.54, 1.807) is 7.11 Å². The number of hydrogen-bond donors (Lipinski definition) is 0. The quantitative estimate of drug-likeness (QED) is 0.790. The van der Waals surface area contributed by atoms with Crippen LogP contribution in [0.4, 0.5) is 5.82 Å². The van der Waals surface area contributed by atoms with Gasteiger partial charge in [-0.15, -0.1) is 0 Å². The van der Waals surface area contributed by atoms with Crippen LogP contribution in [0.25, 0.3) is 0 Å². The van der Waals surface area contributed by atoms with E-state index in [1.165, 1.54) is 12.8 Å². The van der Waals surface area contributed by atoms with E-state index in [4.69, 9.17) is 4.74 Å². The summed E-state index contributed by atoms with van der Waals surface area (Å²) in [5, 5.41) is 1.01. The van der Waals surface area contributed by atoms with Crippen molar-refractivity contribution in [3.63, 3.8) is 0 Å². The van der Waals surface area contributed by atoms with Crippen LogP contribution < -0.4 is 9.64 Å². The second kappa shape index (κ2) is 4.84. The van der Waals surface area contributed by atoms with Crippen molar-refractivity contribution in [2.45, 2.75) is 18.9 Å². The first kappa shape index (κ1) is 10.7. The molecule has 1 aromatic heterocycles. The molecule has 1 fully saturated rings. The molecule has 4 heteroatoms. The molecule has 1 atom stereocenters. The highest BCUT2D eigenvalue weighted by Gasteiger charge is 2.24. The molecule has 0 N–H and O–H groups in total. The number of rotatable bonds is 3. The van der Waals surface area contributed by atoms with Gasteiger partial charge in [0.2, 0.25) is 5.88 Å². The van der Waals surface area contributed by atoms with Crippen LogP contribution in [-0.4, -0.2) is 30.0 Å². The largest absolute Gasteiger partial charge is 0.481 e. The van der Waals surface area contributed by atoms with Crippen LogP contribution >= 0.6 is 15.9 Å². The first-order chi connectivity index (χ1) is 7.35. The first-order valence-electron chi connectivity index (χ1n) is 5.19. The number of nitrogens with zero attached hydrogens (tertiary/aromatic N) is 2. The Bertz CT molecular complexity index is 332. The Morgan fingerprint density at radius 1 is 1.60 bits per heavy atom. The third kappa shape index (κ3) is 2.25. The second-order valence-corrected chi connectivity index (χ2v) is 4.33. The van der Waals surface area contributed by atoms with Gasteiger partial charge in [0.25, 0.3) is 0 Å². The summed E-state index contributed by atoms with van der Waals surface area (Å²) in [6, 6.07) is 6.49. The molecule has 0 amide bonds. The molecule has 0 spiro atoms. The average Bonchev–Trinajstić information content (AvgIpc) is 2.77. The van der Waals surface area contributed by atoms with E-state index in [0.717, 1.165) is 17.7 Å². The van der Waals surface area contributed by atoms with Gasteiger partial charge in [-0.25, -0.2) is 0 Å².